The molecule has 0 aromatic carbocycles. The fourth-order valence-corrected chi connectivity index (χ4v) is 2.21. The van der Waals surface area contributed by atoms with E-state index < -0.39 is 11.6 Å². The first-order valence-electron chi connectivity index (χ1n) is 5.89. The summed E-state index contributed by atoms with van der Waals surface area (Å²) in [6.07, 6.45) is 1.35. The van der Waals surface area contributed by atoms with E-state index in [4.69, 9.17) is 5.11 Å². The van der Waals surface area contributed by atoms with E-state index in [0.29, 0.717) is 4.48 Å². The third kappa shape index (κ3) is 5.28. The van der Waals surface area contributed by atoms with Crippen molar-refractivity contribution in [3.63, 3.8) is 0 Å². The first-order valence-corrected chi connectivity index (χ1v) is 5.89. The second-order valence-electron chi connectivity index (χ2n) is 6.16. The molecule has 0 aliphatic heterocycles. The van der Waals surface area contributed by atoms with Gasteiger partial charge in [0.15, 0.2) is 0 Å². The zero-order chi connectivity index (χ0) is 13.3. The summed E-state index contributed by atoms with van der Waals surface area (Å²) in [5, 5.41) is 19.2. The maximum Gasteiger partial charge on any atom is 0.306 e. The summed E-state index contributed by atoms with van der Waals surface area (Å²) in [5.74, 6) is -1.01. The number of carbonyl (C=O) groups excluding carboxylic acids is 1. The van der Waals surface area contributed by atoms with Crippen molar-refractivity contribution in [2.24, 2.45) is 5.92 Å². The maximum absolute atomic E-state index is 11.7. The molecule has 1 aliphatic carbocycles. The van der Waals surface area contributed by atoms with Crippen LogP contribution in [-0.4, -0.2) is 59.7 Å². The van der Waals surface area contributed by atoms with E-state index >= 15 is 0 Å². The highest BCUT2D eigenvalue weighted by molar-refractivity contribution is 5.84. The molecular weight excluding hydrogens is 222 g/mol. The van der Waals surface area contributed by atoms with Gasteiger partial charge in [0.25, 0.3) is 0 Å². The Morgan fingerprint density at radius 3 is 2.12 bits per heavy atom. The number of rotatable bonds is 7. The Morgan fingerprint density at radius 1 is 1.24 bits per heavy atom. The summed E-state index contributed by atoms with van der Waals surface area (Å²) in [7, 11) is 5.61. The van der Waals surface area contributed by atoms with E-state index in [1.54, 1.807) is 0 Å². The van der Waals surface area contributed by atoms with Gasteiger partial charge in [-0.15, -0.1) is 0 Å². The molecular formula is C12H22NO4+. The van der Waals surface area contributed by atoms with Gasteiger partial charge in [-0.1, -0.05) is 0 Å². The first-order chi connectivity index (χ1) is 7.61. The number of quaternary nitrogens is 1. The van der Waals surface area contributed by atoms with E-state index in [-0.39, 0.29) is 31.1 Å². The molecule has 0 aromatic heterocycles. The fraction of sp³-hybridized carbons (Fsp3) is 0.833. The summed E-state index contributed by atoms with van der Waals surface area (Å²) >= 11 is 0. The van der Waals surface area contributed by atoms with Crippen molar-refractivity contribution in [2.75, 3.05) is 27.7 Å². The average molecular weight is 244 g/mol. The number of carboxylic acid groups (broad SMARTS) is 1. The molecule has 0 unspecified atom stereocenters. The van der Waals surface area contributed by atoms with Crippen LogP contribution in [-0.2, 0) is 9.59 Å². The third-order valence-corrected chi connectivity index (χ3v) is 2.78. The second kappa shape index (κ2) is 4.74. The minimum atomic E-state index is -1.43. The predicted molar refractivity (Wildman–Crippen MR) is 62.5 cm³/mol. The van der Waals surface area contributed by atoms with Crippen LogP contribution in [0.2, 0.25) is 0 Å². The molecule has 98 valence electrons. The van der Waals surface area contributed by atoms with Gasteiger partial charge in [-0.2, -0.15) is 0 Å². The molecule has 0 radical (unpaired) electrons. The fourth-order valence-electron chi connectivity index (χ4n) is 2.21. The highest BCUT2D eigenvalue weighted by Gasteiger charge is 2.41. The Hall–Kier alpha value is -0.940. The number of nitrogens with zero attached hydrogens (tertiary/aromatic N) is 1. The highest BCUT2D eigenvalue weighted by Crippen LogP contribution is 2.33. The summed E-state index contributed by atoms with van der Waals surface area (Å²) in [5.41, 5.74) is -1.43. The highest BCUT2D eigenvalue weighted by atomic mass is 16.4. The van der Waals surface area contributed by atoms with Gasteiger partial charge < -0.3 is 14.7 Å². The van der Waals surface area contributed by atoms with Gasteiger partial charge in [0.05, 0.1) is 27.6 Å². The van der Waals surface area contributed by atoms with Crippen molar-refractivity contribution in [3.8, 4) is 0 Å². The summed E-state index contributed by atoms with van der Waals surface area (Å²) in [6, 6.07) is 0. The van der Waals surface area contributed by atoms with E-state index in [2.05, 4.69) is 0 Å². The minimum absolute atomic E-state index is 0.00204. The molecule has 5 heteroatoms. The average Bonchev–Trinajstić information content (AvgIpc) is 2.76. The number of carboxylic acids is 1. The standard InChI is InChI=1S/C12H21NO4/c1-13(2,3)8-12(17,7-11(15)16)6-10(14)9-4-5-9/h9,17H,4-8H2,1-3H3/p+1/t12-/m1/s1. The smallest absolute Gasteiger partial charge is 0.306 e. The number of hydrogen-bond acceptors (Lipinski definition) is 3. The zero-order valence-corrected chi connectivity index (χ0v) is 10.8. The number of aliphatic hydroxyl groups is 1. The second-order valence-corrected chi connectivity index (χ2v) is 6.16. The van der Waals surface area contributed by atoms with Crippen LogP contribution >= 0.6 is 0 Å². The number of carbonyl (C=O) groups is 2. The topological polar surface area (TPSA) is 74.6 Å². The van der Waals surface area contributed by atoms with Gasteiger partial charge in [-0.3, -0.25) is 9.59 Å². The molecule has 0 amide bonds. The quantitative estimate of drug-likeness (QED) is 0.630. The SMILES string of the molecule is C[N+](C)(C)C[C@](O)(CC(=O)O)CC(=O)C1CC1. The van der Waals surface area contributed by atoms with Crippen LogP contribution in [0.5, 0.6) is 0 Å². The Kier molecular flexibility index (Phi) is 3.94. The molecule has 5 nitrogen and oxygen atoms in total. The van der Waals surface area contributed by atoms with E-state index in [9.17, 15) is 14.7 Å². The Morgan fingerprint density at radius 2 is 1.76 bits per heavy atom. The van der Waals surface area contributed by atoms with Crippen molar-refractivity contribution < 1.29 is 24.3 Å². The van der Waals surface area contributed by atoms with Crippen LogP contribution in [0.3, 0.4) is 0 Å². The molecule has 0 bridgehead atoms. The molecule has 1 aliphatic rings. The third-order valence-electron chi connectivity index (χ3n) is 2.78. The molecule has 1 saturated carbocycles. The number of Topliss-reactive ketones (excluding diaryl/α,β-unsaturated/α-hetero) is 1. The number of hydrogen-bond donors (Lipinski definition) is 2. The normalized spacial score (nSPS) is 19.8. The van der Waals surface area contributed by atoms with Crippen LogP contribution in [0.15, 0.2) is 0 Å². The largest absolute Gasteiger partial charge is 0.481 e. The lowest BCUT2D eigenvalue weighted by molar-refractivity contribution is -0.877. The van der Waals surface area contributed by atoms with Crippen molar-refractivity contribution >= 4 is 11.8 Å². The van der Waals surface area contributed by atoms with Crippen molar-refractivity contribution in [1.29, 1.82) is 0 Å². The van der Waals surface area contributed by atoms with Gasteiger partial charge >= 0.3 is 5.97 Å². The molecule has 0 heterocycles. The monoisotopic (exact) mass is 244 g/mol. The van der Waals surface area contributed by atoms with Crippen molar-refractivity contribution in [2.45, 2.75) is 31.3 Å². The summed E-state index contributed by atoms with van der Waals surface area (Å²) in [4.78, 5) is 22.5. The van der Waals surface area contributed by atoms with E-state index in [0.717, 1.165) is 12.8 Å². The Labute approximate surface area is 102 Å². The van der Waals surface area contributed by atoms with Crippen LogP contribution < -0.4 is 0 Å². The number of likely N-dealkylation sites (N-methyl/N-ethyl adjacent to an activating group) is 1. The molecule has 1 rings (SSSR count). The van der Waals surface area contributed by atoms with Gasteiger partial charge in [-0.05, 0) is 12.8 Å². The van der Waals surface area contributed by atoms with Gasteiger partial charge in [0, 0.05) is 12.3 Å². The molecule has 0 saturated heterocycles. The Balaban J connectivity index is 2.69. The zero-order valence-electron chi connectivity index (χ0n) is 10.8. The summed E-state index contributed by atoms with van der Waals surface area (Å²) < 4.78 is 0.432. The Bertz CT molecular complexity index is 317. The van der Waals surface area contributed by atoms with Crippen LogP contribution in [0.4, 0.5) is 0 Å². The van der Waals surface area contributed by atoms with Gasteiger partial charge in [0.2, 0.25) is 0 Å². The van der Waals surface area contributed by atoms with Crippen LogP contribution in [0.25, 0.3) is 0 Å². The van der Waals surface area contributed by atoms with E-state index in [1.807, 2.05) is 21.1 Å². The lowest BCUT2D eigenvalue weighted by Gasteiger charge is -2.34. The van der Waals surface area contributed by atoms with Crippen molar-refractivity contribution in [1.82, 2.24) is 0 Å². The minimum Gasteiger partial charge on any atom is -0.481 e. The van der Waals surface area contributed by atoms with Gasteiger partial charge in [0.1, 0.15) is 17.9 Å². The number of ketones is 1. The molecule has 1 atom stereocenters. The molecule has 17 heavy (non-hydrogen) atoms. The molecule has 1 fully saturated rings. The van der Waals surface area contributed by atoms with Gasteiger partial charge in [-0.25, -0.2) is 0 Å². The summed E-state index contributed by atoms with van der Waals surface area (Å²) in [6.45, 7) is 0.262. The lowest BCUT2D eigenvalue weighted by atomic mass is 9.90. The molecule has 0 aromatic rings. The predicted octanol–water partition coefficient (Wildman–Crippen LogP) is 0.268. The van der Waals surface area contributed by atoms with Crippen LogP contribution in [0.1, 0.15) is 25.7 Å². The number of aliphatic carboxylic acids is 1. The van der Waals surface area contributed by atoms with Crippen molar-refractivity contribution in [3.05, 3.63) is 0 Å². The van der Waals surface area contributed by atoms with Crippen LogP contribution in [0, 0.1) is 5.92 Å². The molecule has 2 N–H and O–H groups in total. The van der Waals surface area contributed by atoms with E-state index in [1.165, 1.54) is 0 Å². The molecule has 0 spiro atoms. The maximum atomic E-state index is 11.7. The first kappa shape index (κ1) is 14.1. The lowest BCUT2D eigenvalue weighted by Crippen LogP contribution is -2.51.